The molecule has 0 rings (SSSR count). The minimum Gasteiger partial charge on any atom is -0.457 e. The van der Waals surface area contributed by atoms with Gasteiger partial charge in [-0.3, -0.25) is 13.8 Å². The van der Waals surface area contributed by atoms with Gasteiger partial charge >= 0.3 is 13.8 Å². The zero-order valence-electron chi connectivity index (χ0n) is 30.8. The zero-order chi connectivity index (χ0) is 34.9. The molecular weight excluding hydrogens is 613 g/mol. The number of phosphoric ester groups is 1. The van der Waals surface area contributed by atoms with Gasteiger partial charge in [0.2, 0.25) is 0 Å². The van der Waals surface area contributed by atoms with E-state index >= 15 is 0 Å². The maximum Gasteiger partial charge on any atom is 0.472 e. The predicted molar refractivity (Wildman–Crippen MR) is 196 cm³/mol. The van der Waals surface area contributed by atoms with Crippen molar-refractivity contribution < 1.29 is 37.3 Å². The Morgan fingerprint density at radius 3 is 1.72 bits per heavy atom. The second-order valence-electron chi connectivity index (χ2n) is 13.2. The number of rotatable bonds is 33. The molecule has 0 aromatic rings. The zero-order valence-corrected chi connectivity index (χ0v) is 31.6. The van der Waals surface area contributed by atoms with Crippen molar-refractivity contribution in [1.82, 2.24) is 0 Å². The van der Waals surface area contributed by atoms with Crippen LogP contribution < -0.4 is 0 Å². The van der Waals surface area contributed by atoms with E-state index in [1.165, 1.54) is 64.2 Å². The molecule has 0 aromatic carbocycles. The smallest absolute Gasteiger partial charge is 0.457 e. The number of unbranched alkanes of at least 4 members (excludes halogenated alkanes) is 11. The van der Waals surface area contributed by atoms with Gasteiger partial charge in [-0.05, 0) is 51.4 Å². The Balaban J connectivity index is 3.79. The van der Waals surface area contributed by atoms with E-state index < -0.39 is 13.9 Å². The molecule has 0 aliphatic heterocycles. The number of quaternary nitrogens is 1. The highest BCUT2D eigenvalue weighted by Gasteiger charge is 2.26. The molecule has 0 aliphatic rings. The lowest BCUT2D eigenvalue weighted by Gasteiger charge is -2.24. The third kappa shape index (κ3) is 35.6. The molecule has 0 bridgehead atoms. The summed E-state index contributed by atoms with van der Waals surface area (Å²) in [5.41, 5.74) is 0. The second-order valence-corrected chi connectivity index (χ2v) is 14.7. The highest BCUT2D eigenvalue weighted by molar-refractivity contribution is 7.47. The molecule has 0 heterocycles. The van der Waals surface area contributed by atoms with Gasteiger partial charge in [0.05, 0.1) is 34.4 Å². The summed E-state index contributed by atoms with van der Waals surface area (Å²) in [5, 5.41) is 0. The van der Waals surface area contributed by atoms with Crippen LogP contribution in [-0.4, -0.2) is 75.6 Å². The van der Waals surface area contributed by atoms with Crippen molar-refractivity contribution in [2.75, 3.05) is 54.1 Å². The maximum atomic E-state index is 12.2. The molecule has 0 aliphatic carbocycles. The van der Waals surface area contributed by atoms with Crippen LogP contribution in [0.2, 0.25) is 0 Å². The van der Waals surface area contributed by atoms with Gasteiger partial charge in [-0.15, -0.1) is 0 Å². The average molecular weight is 685 g/mol. The number of likely N-dealkylation sites (N-methyl/N-ethyl adjacent to an activating group) is 1. The Morgan fingerprint density at radius 2 is 1.19 bits per heavy atom. The molecule has 9 heteroatoms. The summed E-state index contributed by atoms with van der Waals surface area (Å²) in [6.45, 7) is 5.12. The second kappa shape index (κ2) is 31.7. The van der Waals surface area contributed by atoms with E-state index in [1.54, 1.807) is 0 Å². The Morgan fingerprint density at radius 1 is 0.681 bits per heavy atom. The van der Waals surface area contributed by atoms with E-state index in [0.29, 0.717) is 24.1 Å². The van der Waals surface area contributed by atoms with Crippen molar-refractivity contribution >= 4 is 13.8 Å². The third-order valence-electron chi connectivity index (χ3n) is 7.37. The fourth-order valence-electron chi connectivity index (χ4n) is 4.58. The van der Waals surface area contributed by atoms with E-state index in [2.05, 4.69) is 55.5 Å². The maximum absolute atomic E-state index is 12.2. The first kappa shape index (κ1) is 45.5. The number of allylic oxidation sites excluding steroid dienone is 8. The first-order valence-corrected chi connectivity index (χ1v) is 19.9. The molecule has 0 radical (unpaired) electrons. The molecule has 0 saturated carbocycles. The van der Waals surface area contributed by atoms with Crippen LogP contribution in [0.3, 0.4) is 0 Å². The Hall–Kier alpha value is -1.54. The summed E-state index contributed by atoms with van der Waals surface area (Å²) in [7, 11) is 1.65. The van der Waals surface area contributed by atoms with Gasteiger partial charge in [-0.25, -0.2) is 4.57 Å². The minimum atomic E-state index is -4.24. The molecule has 0 amide bonds. The monoisotopic (exact) mass is 684 g/mol. The molecular formula is C38H71NO7P+. The lowest BCUT2D eigenvalue weighted by molar-refractivity contribution is -0.870. The molecule has 0 spiro atoms. The number of carbonyl (C=O) groups is 1. The van der Waals surface area contributed by atoms with Gasteiger partial charge in [0.15, 0.2) is 0 Å². The number of esters is 1. The number of phosphoric acid groups is 1. The fourth-order valence-corrected chi connectivity index (χ4v) is 5.32. The fraction of sp³-hybridized carbons (Fsp3) is 0.763. The molecule has 47 heavy (non-hydrogen) atoms. The lowest BCUT2D eigenvalue weighted by atomic mass is 10.1. The van der Waals surface area contributed by atoms with Crippen LogP contribution in [0.1, 0.15) is 129 Å². The normalized spacial score (nSPS) is 14.6. The van der Waals surface area contributed by atoms with Gasteiger partial charge in [0, 0.05) is 13.0 Å². The predicted octanol–water partition coefficient (Wildman–Crippen LogP) is 10.0. The van der Waals surface area contributed by atoms with E-state index in [4.69, 9.17) is 18.5 Å². The SMILES string of the molecule is CC/C=C\C/C=C\C/C=C\C/C=C\CCCCCCCCCCCCCOCC(COP(=O)(O)OCC[N+](C)(C)C)OC(=O)CCC. The molecule has 0 aromatic heterocycles. The summed E-state index contributed by atoms with van der Waals surface area (Å²) >= 11 is 0. The van der Waals surface area contributed by atoms with Crippen LogP contribution in [0.25, 0.3) is 0 Å². The molecule has 2 atom stereocenters. The van der Waals surface area contributed by atoms with Gasteiger partial charge in [0.1, 0.15) is 19.3 Å². The van der Waals surface area contributed by atoms with Crippen molar-refractivity contribution in [3.8, 4) is 0 Å². The van der Waals surface area contributed by atoms with E-state index in [0.717, 1.165) is 38.5 Å². The standard InChI is InChI=1S/C38H70NO7P/c1-6-8-9-10-11-12-13-14-15-16-17-18-19-20-21-22-23-24-25-26-27-28-29-30-33-43-35-37(46-38(40)31-7-2)36-45-47(41,42)44-34-32-39(3,4)5/h8-9,11-12,14-15,17-18,37H,6-7,10,13,16,19-36H2,1-5H3/p+1/b9-8-,12-11-,15-14-,18-17-. The Kier molecular flexibility index (Phi) is 30.7. The number of nitrogens with zero attached hydrogens (tertiary/aromatic N) is 1. The molecule has 8 nitrogen and oxygen atoms in total. The van der Waals surface area contributed by atoms with Crippen LogP contribution in [0.15, 0.2) is 48.6 Å². The molecule has 2 unspecified atom stereocenters. The number of carbonyl (C=O) groups excluding carboxylic acids is 1. The van der Waals surface area contributed by atoms with Crippen LogP contribution in [0.4, 0.5) is 0 Å². The van der Waals surface area contributed by atoms with Gasteiger partial charge < -0.3 is 18.9 Å². The molecule has 0 saturated heterocycles. The summed E-state index contributed by atoms with van der Waals surface area (Å²) in [4.78, 5) is 22.0. The Labute approximate surface area is 288 Å². The van der Waals surface area contributed by atoms with Crippen molar-refractivity contribution in [2.45, 2.75) is 136 Å². The van der Waals surface area contributed by atoms with E-state index in [-0.39, 0.29) is 32.2 Å². The van der Waals surface area contributed by atoms with Gasteiger partial charge in [-0.1, -0.05) is 120 Å². The minimum absolute atomic E-state index is 0.0851. The largest absolute Gasteiger partial charge is 0.472 e. The quantitative estimate of drug-likeness (QED) is 0.0242. The van der Waals surface area contributed by atoms with E-state index in [1.807, 2.05) is 28.1 Å². The van der Waals surface area contributed by atoms with Crippen LogP contribution in [-0.2, 0) is 27.9 Å². The summed E-state index contributed by atoms with van der Waals surface area (Å²) in [6, 6.07) is 0. The summed E-state index contributed by atoms with van der Waals surface area (Å²) in [6.07, 6.45) is 37.3. The lowest BCUT2D eigenvalue weighted by Crippen LogP contribution is -2.37. The summed E-state index contributed by atoms with van der Waals surface area (Å²) < 4.78 is 34.1. The highest BCUT2D eigenvalue weighted by atomic mass is 31.2. The first-order chi connectivity index (χ1) is 22.6. The van der Waals surface area contributed by atoms with Crippen molar-refractivity contribution in [1.29, 1.82) is 0 Å². The van der Waals surface area contributed by atoms with Gasteiger partial charge in [0.25, 0.3) is 0 Å². The first-order valence-electron chi connectivity index (χ1n) is 18.4. The molecule has 0 fully saturated rings. The highest BCUT2D eigenvalue weighted by Crippen LogP contribution is 2.43. The van der Waals surface area contributed by atoms with Crippen molar-refractivity contribution in [3.63, 3.8) is 0 Å². The average Bonchev–Trinajstić information content (AvgIpc) is 3.00. The topological polar surface area (TPSA) is 91.3 Å². The van der Waals surface area contributed by atoms with Crippen LogP contribution >= 0.6 is 7.82 Å². The third-order valence-corrected chi connectivity index (χ3v) is 8.36. The summed E-state index contributed by atoms with van der Waals surface area (Å²) in [5.74, 6) is -0.370. The number of hydrogen-bond donors (Lipinski definition) is 1. The van der Waals surface area contributed by atoms with E-state index in [9.17, 15) is 14.3 Å². The molecule has 274 valence electrons. The number of ether oxygens (including phenoxy) is 2. The number of hydrogen-bond acceptors (Lipinski definition) is 6. The van der Waals surface area contributed by atoms with Gasteiger partial charge in [-0.2, -0.15) is 0 Å². The molecule has 1 N–H and O–H groups in total. The van der Waals surface area contributed by atoms with Crippen LogP contribution in [0, 0.1) is 0 Å². The van der Waals surface area contributed by atoms with Crippen LogP contribution in [0.5, 0.6) is 0 Å². The Bertz CT molecular complexity index is 895. The van der Waals surface area contributed by atoms with Crippen molar-refractivity contribution in [2.24, 2.45) is 0 Å². The van der Waals surface area contributed by atoms with Crippen molar-refractivity contribution in [3.05, 3.63) is 48.6 Å².